The number of piperidine rings is 2. The van der Waals surface area contributed by atoms with E-state index in [4.69, 9.17) is 23.2 Å². The number of rotatable bonds is 5. The molecule has 0 aliphatic carbocycles. The molecule has 1 amide bonds. The molecule has 182 valence electrons. The zero-order chi connectivity index (χ0) is 24.2. The van der Waals surface area contributed by atoms with Crippen LogP contribution in [0.1, 0.15) is 62.4 Å². The molecule has 0 unspecified atom stereocenters. The van der Waals surface area contributed by atoms with Gasteiger partial charge < -0.3 is 4.90 Å². The maximum absolute atomic E-state index is 12.9. The van der Waals surface area contributed by atoms with E-state index in [1.165, 1.54) is 16.0 Å². The third-order valence-electron chi connectivity index (χ3n) is 7.04. The highest BCUT2D eigenvalue weighted by atomic mass is 35.5. The number of amides is 1. The van der Waals surface area contributed by atoms with Crippen LogP contribution in [0, 0.1) is 0 Å². The van der Waals surface area contributed by atoms with Gasteiger partial charge >= 0.3 is 0 Å². The van der Waals surface area contributed by atoms with Crippen molar-refractivity contribution in [3.63, 3.8) is 0 Å². The number of nitrogens with zero attached hydrogens (tertiary/aromatic N) is 2. The van der Waals surface area contributed by atoms with E-state index in [0.717, 1.165) is 51.9 Å². The zero-order valence-corrected chi connectivity index (χ0v) is 22.6. The van der Waals surface area contributed by atoms with Crippen molar-refractivity contribution in [1.29, 1.82) is 0 Å². The van der Waals surface area contributed by atoms with Crippen molar-refractivity contribution in [1.82, 2.24) is 9.80 Å². The Hall–Kier alpha value is -1.46. The van der Waals surface area contributed by atoms with Crippen molar-refractivity contribution >= 4 is 46.4 Å². The summed E-state index contributed by atoms with van der Waals surface area (Å²) in [5, 5.41) is 1.39. The van der Waals surface area contributed by atoms with Crippen LogP contribution in [-0.4, -0.2) is 53.2 Å². The number of allylic oxidation sites excluding steroid dienone is 1. The van der Waals surface area contributed by atoms with Crippen LogP contribution in [0.4, 0.5) is 0 Å². The zero-order valence-electron chi connectivity index (χ0n) is 20.3. The molecule has 2 aliphatic rings. The molecule has 6 heteroatoms. The highest BCUT2D eigenvalue weighted by molar-refractivity contribution is 7.99. The molecule has 2 aromatic rings. The Kier molecular flexibility index (Phi) is 8.68. The highest BCUT2D eigenvalue weighted by Crippen LogP contribution is 2.32. The van der Waals surface area contributed by atoms with Crippen LogP contribution in [-0.2, 0) is 0 Å². The van der Waals surface area contributed by atoms with Gasteiger partial charge in [-0.25, -0.2) is 0 Å². The summed E-state index contributed by atoms with van der Waals surface area (Å²) in [6.45, 7) is 10.5. The lowest BCUT2D eigenvalue weighted by atomic mass is 9.92. The van der Waals surface area contributed by atoms with Gasteiger partial charge in [-0.15, -0.1) is 11.8 Å². The summed E-state index contributed by atoms with van der Waals surface area (Å²) in [5.74, 6) is -0.0109. The molecule has 0 spiro atoms. The molecule has 0 N–H and O–H groups in total. The summed E-state index contributed by atoms with van der Waals surface area (Å²) in [4.78, 5) is 18.8. The monoisotopic (exact) mass is 516 g/mol. The molecule has 2 fully saturated rings. The highest BCUT2D eigenvalue weighted by Gasteiger charge is 2.30. The predicted octanol–water partition coefficient (Wildman–Crippen LogP) is 7.67. The SMILES string of the molecule is CC(=C1CCN(C2CCN(C(=O)c3cccc(Cl)c3Cl)CC2)CC1)c1ccc(SC(C)C)cc1. The van der Waals surface area contributed by atoms with Gasteiger partial charge in [-0.3, -0.25) is 9.69 Å². The lowest BCUT2D eigenvalue weighted by molar-refractivity contribution is 0.0608. The molecule has 0 radical (unpaired) electrons. The van der Waals surface area contributed by atoms with Crippen molar-refractivity contribution < 1.29 is 4.79 Å². The number of benzene rings is 2. The second-order valence-corrected chi connectivity index (χ2v) is 12.0. The van der Waals surface area contributed by atoms with Crippen molar-refractivity contribution in [2.24, 2.45) is 0 Å². The van der Waals surface area contributed by atoms with Crippen LogP contribution >= 0.6 is 35.0 Å². The van der Waals surface area contributed by atoms with E-state index in [1.807, 2.05) is 16.7 Å². The van der Waals surface area contributed by atoms with Crippen molar-refractivity contribution in [2.45, 2.75) is 62.6 Å². The topological polar surface area (TPSA) is 23.6 Å². The van der Waals surface area contributed by atoms with Gasteiger partial charge in [0.2, 0.25) is 0 Å². The van der Waals surface area contributed by atoms with E-state index < -0.39 is 0 Å². The standard InChI is InChI=1S/C28H34Cl2N2OS/c1-19(2)34-24-9-7-21(8-10-24)20(3)22-11-15-31(16-12-22)23-13-17-32(18-14-23)28(33)25-5-4-6-26(29)27(25)30/h4-10,19,23H,11-18H2,1-3H3. The lowest BCUT2D eigenvalue weighted by Crippen LogP contribution is -2.48. The number of halogens is 2. The molecule has 2 aromatic carbocycles. The summed E-state index contributed by atoms with van der Waals surface area (Å²) >= 11 is 14.3. The molecular weight excluding hydrogens is 483 g/mol. The Balaban J connectivity index is 1.30. The molecular formula is C28H34Cl2N2OS. The van der Waals surface area contributed by atoms with Gasteiger partial charge in [0.05, 0.1) is 15.6 Å². The third-order valence-corrected chi connectivity index (χ3v) is 8.88. The summed E-state index contributed by atoms with van der Waals surface area (Å²) in [6, 6.07) is 14.9. The largest absolute Gasteiger partial charge is 0.338 e. The number of hydrogen-bond donors (Lipinski definition) is 0. The number of thioether (sulfide) groups is 1. The lowest BCUT2D eigenvalue weighted by Gasteiger charge is -2.41. The number of carbonyl (C=O) groups excluding carboxylic acids is 1. The van der Waals surface area contributed by atoms with Gasteiger partial charge in [0, 0.05) is 42.4 Å². The van der Waals surface area contributed by atoms with Crippen LogP contribution in [0.25, 0.3) is 5.57 Å². The van der Waals surface area contributed by atoms with Crippen molar-refractivity contribution in [2.75, 3.05) is 26.2 Å². The maximum atomic E-state index is 12.9. The fourth-order valence-corrected chi connectivity index (χ4v) is 6.29. The van der Waals surface area contributed by atoms with Crippen LogP contribution < -0.4 is 0 Å². The Morgan fingerprint density at radius 3 is 2.24 bits per heavy atom. The average Bonchev–Trinajstić information content (AvgIpc) is 2.85. The van der Waals surface area contributed by atoms with Crippen LogP contribution in [0.3, 0.4) is 0 Å². The van der Waals surface area contributed by atoms with E-state index in [9.17, 15) is 4.79 Å². The molecule has 3 nitrogen and oxygen atoms in total. The van der Waals surface area contributed by atoms with Gasteiger partial charge in [-0.2, -0.15) is 0 Å². The normalized spacial score (nSPS) is 17.9. The Bertz CT molecular complexity index is 1030. The van der Waals surface area contributed by atoms with Crippen LogP contribution in [0.5, 0.6) is 0 Å². The second-order valence-electron chi connectivity index (χ2n) is 9.58. The summed E-state index contributed by atoms with van der Waals surface area (Å²) in [7, 11) is 0. The van der Waals surface area contributed by atoms with Gasteiger partial charge in [0.1, 0.15) is 0 Å². The Morgan fingerprint density at radius 1 is 0.971 bits per heavy atom. The minimum Gasteiger partial charge on any atom is -0.338 e. The van der Waals surface area contributed by atoms with Gasteiger partial charge in [-0.05, 0) is 68.0 Å². The smallest absolute Gasteiger partial charge is 0.255 e. The van der Waals surface area contributed by atoms with Gasteiger partial charge in [-0.1, -0.05) is 60.8 Å². The summed E-state index contributed by atoms with van der Waals surface area (Å²) in [6.07, 6.45) is 4.28. The minimum absolute atomic E-state index is 0.0109. The van der Waals surface area contributed by atoms with Crippen molar-refractivity contribution in [3.8, 4) is 0 Å². The first-order valence-corrected chi connectivity index (χ1v) is 13.9. The third kappa shape index (κ3) is 6.02. The fourth-order valence-electron chi connectivity index (χ4n) is 5.07. The number of hydrogen-bond acceptors (Lipinski definition) is 3. The number of likely N-dealkylation sites (tertiary alicyclic amines) is 2. The average molecular weight is 518 g/mol. The first-order valence-electron chi connectivity index (χ1n) is 12.3. The first-order chi connectivity index (χ1) is 16.3. The van der Waals surface area contributed by atoms with Crippen LogP contribution in [0.2, 0.25) is 10.0 Å². The molecule has 0 atom stereocenters. The molecule has 2 saturated heterocycles. The summed E-state index contributed by atoms with van der Waals surface area (Å²) < 4.78 is 0. The Labute approximate surface area is 218 Å². The van der Waals surface area contributed by atoms with Gasteiger partial charge in [0.15, 0.2) is 0 Å². The van der Waals surface area contributed by atoms with E-state index in [-0.39, 0.29) is 5.91 Å². The molecule has 34 heavy (non-hydrogen) atoms. The predicted molar refractivity (Wildman–Crippen MR) is 146 cm³/mol. The molecule has 0 bridgehead atoms. The van der Waals surface area contributed by atoms with E-state index in [2.05, 4.69) is 49.9 Å². The van der Waals surface area contributed by atoms with E-state index in [0.29, 0.717) is 26.9 Å². The second kappa shape index (κ2) is 11.5. The minimum atomic E-state index is -0.0109. The molecule has 2 aliphatic heterocycles. The van der Waals surface area contributed by atoms with Crippen molar-refractivity contribution in [3.05, 3.63) is 69.2 Å². The first kappa shape index (κ1) is 25.6. The maximum Gasteiger partial charge on any atom is 0.255 e. The number of carbonyl (C=O) groups is 1. The van der Waals surface area contributed by atoms with Gasteiger partial charge in [0.25, 0.3) is 5.91 Å². The molecule has 0 aromatic heterocycles. The molecule has 2 heterocycles. The van der Waals surface area contributed by atoms with E-state index >= 15 is 0 Å². The molecule has 0 saturated carbocycles. The fraction of sp³-hybridized carbons (Fsp3) is 0.464. The quantitative estimate of drug-likeness (QED) is 0.380. The van der Waals surface area contributed by atoms with Crippen LogP contribution in [0.15, 0.2) is 52.9 Å². The Morgan fingerprint density at radius 2 is 1.62 bits per heavy atom. The molecule has 4 rings (SSSR count). The van der Waals surface area contributed by atoms with E-state index in [1.54, 1.807) is 23.8 Å². The summed E-state index contributed by atoms with van der Waals surface area (Å²) in [5.41, 5.74) is 4.89.